The molecule has 0 saturated carbocycles. The highest BCUT2D eigenvalue weighted by molar-refractivity contribution is 6.12. The van der Waals surface area contributed by atoms with Gasteiger partial charge in [-0.25, -0.2) is 4.79 Å². The molecule has 4 nitrogen and oxygen atoms in total. The molecule has 2 atom stereocenters. The van der Waals surface area contributed by atoms with E-state index in [1.54, 1.807) is 0 Å². The van der Waals surface area contributed by atoms with Gasteiger partial charge >= 0.3 is 5.97 Å². The zero-order valence-corrected chi connectivity index (χ0v) is 15.4. The van der Waals surface area contributed by atoms with Gasteiger partial charge < -0.3 is 9.16 Å². The van der Waals surface area contributed by atoms with Crippen LogP contribution in [0.3, 0.4) is 0 Å². The Morgan fingerprint density at radius 2 is 1.76 bits per heavy atom. The van der Waals surface area contributed by atoms with Crippen molar-refractivity contribution in [2.75, 3.05) is 0 Å². The molecule has 0 aromatic heterocycles. The summed E-state index contributed by atoms with van der Waals surface area (Å²) in [6.45, 7) is 7.37. The Labute approximate surface area is 129 Å². The van der Waals surface area contributed by atoms with E-state index in [1.165, 1.54) is 6.92 Å². The lowest BCUT2D eigenvalue weighted by molar-refractivity contribution is -0.168. The first-order valence-corrected chi connectivity index (χ1v) is 7.95. The highest BCUT2D eigenvalue weighted by atomic mass is 28.2. The van der Waals surface area contributed by atoms with E-state index in [9.17, 15) is 9.59 Å². The monoisotopic (exact) mass is 308 g/mol. The Balaban J connectivity index is 2.78. The van der Waals surface area contributed by atoms with E-state index >= 15 is 0 Å². The topological polar surface area (TPSA) is 52.6 Å². The first-order chi connectivity index (χ1) is 9.82. The average Bonchev–Trinajstić information content (AvgIpc) is 2.51. The zero-order valence-electron chi connectivity index (χ0n) is 13.4. The fourth-order valence-electron chi connectivity index (χ4n) is 1.88. The van der Waals surface area contributed by atoms with Crippen LogP contribution in [0.25, 0.3) is 0 Å². The number of esters is 1. The van der Waals surface area contributed by atoms with Crippen molar-refractivity contribution in [2.45, 2.75) is 39.9 Å². The third-order valence-electron chi connectivity index (χ3n) is 3.89. The minimum Gasteiger partial charge on any atom is -0.458 e. The molecule has 5 heteroatoms. The number of benzene rings is 1. The summed E-state index contributed by atoms with van der Waals surface area (Å²) in [5, 5.41) is 0. The van der Waals surface area contributed by atoms with Crippen LogP contribution in [0.2, 0.25) is 0 Å². The maximum absolute atomic E-state index is 12.5. The fourth-order valence-corrected chi connectivity index (χ4v) is 2.25. The smallest absolute Gasteiger partial charge is 0.345 e. The summed E-state index contributed by atoms with van der Waals surface area (Å²) in [4.78, 5) is 24.8. The van der Waals surface area contributed by atoms with Gasteiger partial charge in [-0.1, -0.05) is 51.1 Å². The molecule has 0 saturated heterocycles. The van der Waals surface area contributed by atoms with Crippen LogP contribution in [0.5, 0.6) is 0 Å². The number of carbonyl (C=O) groups excluding carboxylic acids is 2. The van der Waals surface area contributed by atoms with Crippen LogP contribution in [0.15, 0.2) is 30.3 Å². The third kappa shape index (κ3) is 4.25. The van der Waals surface area contributed by atoms with Crippen molar-refractivity contribution in [3.8, 4) is 0 Å². The molecule has 1 aromatic carbocycles. The van der Waals surface area contributed by atoms with E-state index < -0.39 is 11.6 Å². The van der Waals surface area contributed by atoms with Crippen LogP contribution in [0.4, 0.5) is 0 Å². The summed E-state index contributed by atoms with van der Waals surface area (Å²) < 4.78 is 10.6. The van der Waals surface area contributed by atoms with Gasteiger partial charge in [0.15, 0.2) is 5.78 Å². The van der Waals surface area contributed by atoms with Crippen molar-refractivity contribution >= 4 is 22.2 Å². The summed E-state index contributed by atoms with van der Waals surface area (Å²) in [5.74, 6) is -0.937. The molecular weight excluding hydrogens is 284 g/mol. The molecular formula is C16H24O4Si. The number of Topliss-reactive ketones (excluding diaryl/α,β-unsaturated/α-hetero) is 1. The van der Waals surface area contributed by atoms with Gasteiger partial charge in [0, 0.05) is 5.92 Å². The molecule has 0 bridgehead atoms. The van der Waals surface area contributed by atoms with Crippen molar-refractivity contribution in [1.29, 1.82) is 0 Å². The van der Waals surface area contributed by atoms with Gasteiger partial charge in [0.2, 0.25) is 5.60 Å². The van der Waals surface area contributed by atoms with Crippen LogP contribution in [-0.2, 0) is 25.4 Å². The zero-order chi connectivity index (χ0) is 16.0. The molecule has 21 heavy (non-hydrogen) atoms. The lowest BCUT2D eigenvalue weighted by atomic mass is 9.84. The predicted molar refractivity (Wildman–Crippen MR) is 84.7 cm³/mol. The Kier molecular flexibility index (Phi) is 6.30. The largest absolute Gasteiger partial charge is 0.458 e. The third-order valence-corrected chi connectivity index (χ3v) is 4.71. The molecule has 0 aliphatic heterocycles. The Bertz CT molecular complexity index is 486. The van der Waals surface area contributed by atoms with E-state index in [-0.39, 0.29) is 34.7 Å². The minimum absolute atomic E-state index is 0.142. The molecule has 0 spiro atoms. The van der Waals surface area contributed by atoms with Gasteiger partial charge in [0.1, 0.15) is 17.1 Å². The van der Waals surface area contributed by atoms with E-state index in [2.05, 4.69) is 0 Å². The van der Waals surface area contributed by atoms with Crippen molar-refractivity contribution in [3.63, 3.8) is 0 Å². The summed E-state index contributed by atoms with van der Waals surface area (Å²) in [6, 6.07) is 9.37. The number of ether oxygens (including phenoxy) is 1. The number of rotatable bonds is 7. The second-order valence-corrected chi connectivity index (χ2v) is 6.10. The molecule has 0 heterocycles. The van der Waals surface area contributed by atoms with Crippen LogP contribution in [0.1, 0.15) is 33.3 Å². The van der Waals surface area contributed by atoms with E-state index in [0.717, 1.165) is 5.56 Å². The van der Waals surface area contributed by atoms with Crippen molar-refractivity contribution in [3.05, 3.63) is 35.9 Å². The van der Waals surface area contributed by atoms with Gasteiger partial charge in [-0.3, -0.25) is 4.79 Å². The van der Waals surface area contributed by atoms with Gasteiger partial charge in [-0.05, 0) is 18.4 Å². The maximum Gasteiger partial charge on any atom is 0.345 e. The normalized spacial score (nSPS) is 15.5. The first kappa shape index (κ1) is 17.6. The molecule has 0 aliphatic rings. The van der Waals surface area contributed by atoms with E-state index in [1.807, 2.05) is 51.1 Å². The number of ketones is 1. The standard InChI is InChI=1S/C16H24O4Si/c1-11(2)12(3)14(17)16(4,20-21)15(18)19-10-13-8-6-5-7-9-13/h5-9,11-12H,10H2,1-4,21H3. The molecule has 1 aromatic rings. The number of hydrogen-bond acceptors (Lipinski definition) is 4. The number of hydrogen-bond donors (Lipinski definition) is 0. The lowest BCUT2D eigenvalue weighted by Crippen LogP contribution is -2.50. The van der Waals surface area contributed by atoms with Crippen LogP contribution < -0.4 is 0 Å². The predicted octanol–water partition coefficient (Wildman–Crippen LogP) is 1.65. The van der Waals surface area contributed by atoms with Crippen LogP contribution in [-0.4, -0.2) is 27.8 Å². The average molecular weight is 308 g/mol. The highest BCUT2D eigenvalue weighted by Gasteiger charge is 2.45. The van der Waals surface area contributed by atoms with E-state index in [4.69, 9.17) is 9.16 Å². The lowest BCUT2D eigenvalue weighted by Gasteiger charge is -2.29. The Morgan fingerprint density at radius 1 is 1.19 bits per heavy atom. The molecule has 2 unspecified atom stereocenters. The molecule has 116 valence electrons. The van der Waals surface area contributed by atoms with Crippen molar-refractivity contribution in [1.82, 2.24) is 0 Å². The molecule has 0 aliphatic carbocycles. The maximum atomic E-state index is 12.5. The summed E-state index contributed by atoms with van der Waals surface area (Å²) in [6.07, 6.45) is 0. The second-order valence-electron chi connectivity index (χ2n) is 5.70. The summed E-state index contributed by atoms with van der Waals surface area (Å²) >= 11 is 0. The van der Waals surface area contributed by atoms with Gasteiger partial charge in [0.25, 0.3) is 0 Å². The van der Waals surface area contributed by atoms with Crippen LogP contribution >= 0.6 is 0 Å². The Hall–Kier alpha value is -1.46. The molecule has 0 amide bonds. The van der Waals surface area contributed by atoms with Crippen LogP contribution in [0, 0.1) is 11.8 Å². The molecule has 0 N–H and O–H groups in total. The second kappa shape index (κ2) is 7.52. The molecule has 0 fully saturated rings. The van der Waals surface area contributed by atoms with Crippen molar-refractivity contribution < 1.29 is 18.8 Å². The minimum atomic E-state index is -1.50. The fraction of sp³-hybridized carbons (Fsp3) is 0.500. The first-order valence-electron chi connectivity index (χ1n) is 7.13. The SMILES string of the molecule is CC(C)C(C)C(=O)C(C)(O[SiH3])C(=O)OCc1ccccc1. The molecule has 1 rings (SSSR count). The van der Waals surface area contributed by atoms with E-state index in [0.29, 0.717) is 0 Å². The summed E-state index contributed by atoms with van der Waals surface area (Å²) in [7, 11) is 0.290. The van der Waals surface area contributed by atoms with Gasteiger partial charge in [-0.2, -0.15) is 0 Å². The Morgan fingerprint density at radius 3 is 2.24 bits per heavy atom. The highest BCUT2D eigenvalue weighted by Crippen LogP contribution is 2.23. The van der Waals surface area contributed by atoms with Gasteiger partial charge in [0.05, 0.1) is 0 Å². The van der Waals surface area contributed by atoms with Crippen molar-refractivity contribution in [2.24, 2.45) is 11.8 Å². The molecule has 0 radical (unpaired) electrons. The number of carbonyl (C=O) groups is 2. The quantitative estimate of drug-likeness (QED) is 0.436. The van der Waals surface area contributed by atoms with Gasteiger partial charge in [-0.15, -0.1) is 0 Å². The summed E-state index contributed by atoms with van der Waals surface area (Å²) in [5.41, 5.74) is -0.615.